The fourth-order valence-electron chi connectivity index (χ4n) is 3.21. The number of imide groups is 1. The van der Waals surface area contributed by atoms with Crippen LogP contribution in [0.5, 0.6) is 0 Å². The number of anilines is 1. The van der Waals surface area contributed by atoms with E-state index in [-0.39, 0.29) is 23.6 Å². The van der Waals surface area contributed by atoms with Crippen molar-refractivity contribution in [3.63, 3.8) is 0 Å². The van der Waals surface area contributed by atoms with Crippen LogP contribution in [-0.2, 0) is 9.59 Å². The van der Waals surface area contributed by atoms with Crippen molar-refractivity contribution in [2.45, 2.75) is 38.0 Å². The van der Waals surface area contributed by atoms with Crippen molar-refractivity contribution in [3.8, 4) is 0 Å². The van der Waals surface area contributed by atoms with Gasteiger partial charge in [-0.1, -0.05) is 43.2 Å². The molecule has 0 radical (unpaired) electrons. The molecule has 1 saturated heterocycles. The summed E-state index contributed by atoms with van der Waals surface area (Å²) < 4.78 is 0. The maximum absolute atomic E-state index is 12.9. The number of aryl methyl sites for hydroxylation is 1. The molecule has 4 amide bonds. The van der Waals surface area contributed by atoms with Crippen molar-refractivity contribution in [2.24, 2.45) is 0 Å². The van der Waals surface area contributed by atoms with Crippen LogP contribution in [0.15, 0.2) is 29.7 Å². The molecule has 2 heterocycles. The normalized spacial score (nSPS) is 21.6. The summed E-state index contributed by atoms with van der Waals surface area (Å²) >= 11 is 7.57. The van der Waals surface area contributed by atoms with Gasteiger partial charge in [0.1, 0.15) is 11.8 Å². The van der Waals surface area contributed by atoms with Gasteiger partial charge in [-0.05, 0) is 30.4 Å². The Balaban J connectivity index is 1.77. The monoisotopic (exact) mass is 407 g/mol. The van der Waals surface area contributed by atoms with Crippen LogP contribution in [0.4, 0.5) is 10.5 Å². The minimum Gasteiger partial charge on any atom is -0.323 e. The second kappa shape index (κ2) is 8.35. The lowest BCUT2D eigenvalue weighted by atomic mass is 10.1. The van der Waals surface area contributed by atoms with Crippen molar-refractivity contribution >= 4 is 46.9 Å². The molecule has 1 N–H and O–H groups in total. The molecule has 1 fully saturated rings. The van der Waals surface area contributed by atoms with Gasteiger partial charge in [-0.25, -0.2) is 4.79 Å². The lowest BCUT2D eigenvalue weighted by Crippen LogP contribution is -2.63. The van der Waals surface area contributed by atoms with Crippen molar-refractivity contribution in [2.75, 3.05) is 18.4 Å². The number of carbonyl (C=O) groups excluding carboxylic acids is 3. The largest absolute Gasteiger partial charge is 0.327 e. The maximum Gasteiger partial charge on any atom is 0.327 e. The van der Waals surface area contributed by atoms with E-state index in [0.29, 0.717) is 17.3 Å². The van der Waals surface area contributed by atoms with Crippen molar-refractivity contribution in [3.05, 3.63) is 40.3 Å². The molecule has 0 bridgehead atoms. The SMILES string of the molecule is CCCCN1C(=O)C2SC=CC2N(CC(=O)Nc2c(C)cccc2Cl)C1=O. The number of urea groups is 1. The molecule has 2 atom stereocenters. The summed E-state index contributed by atoms with van der Waals surface area (Å²) in [6.45, 7) is 4.10. The third-order valence-corrected chi connectivity index (χ3v) is 6.10. The number of amides is 4. The van der Waals surface area contributed by atoms with Gasteiger partial charge in [0, 0.05) is 6.54 Å². The van der Waals surface area contributed by atoms with E-state index >= 15 is 0 Å². The zero-order valence-corrected chi connectivity index (χ0v) is 16.8. The van der Waals surface area contributed by atoms with Crippen LogP contribution in [-0.4, -0.2) is 52.0 Å². The molecule has 3 rings (SSSR count). The van der Waals surface area contributed by atoms with E-state index in [1.54, 1.807) is 6.07 Å². The Morgan fingerprint density at radius 1 is 1.33 bits per heavy atom. The van der Waals surface area contributed by atoms with E-state index in [4.69, 9.17) is 11.6 Å². The van der Waals surface area contributed by atoms with E-state index in [9.17, 15) is 14.4 Å². The number of halogens is 1. The number of unbranched alkanes of at least 4 members (excludes halogenated alkanes) is 1. The topological polar surface area (TPSA) is 69.7 Å². The molecule has 27 heavy (non-hydrogen) atoms. The molecular weight excluding hydrogens is 386 g/mol. The van der Waals surface area contributed by atoms with E-state index < -0.39 is 12.1 Å². The predicted molar refractivity (Wildman–Crippen MR) is 108 cm³/mol. The van der Waals surface area contributed by atoms with Crippen molar-refractivity contribution in [1.82, 2.24) is 9.80 Å². The van der Waals surface area contributed by atoms with Gasteiger partial charge < -0.3 is 10.2 Å². The Bertz CT molecular complexity index is 778. The second-order valence-electron chi connectivity index (χ2n) is 6.61. The number of hydrogen-bond donors (Lipinski definition) is 1. The number of nitrogens with zero attached hydrogens (tertiary/aromatic N) is 2. The lowest BCUT2D eigenvalue weighted by molar-refractivity contribution is -0.132. The summed E-state index contributed by atoms with van der Waals surface area (Å²) in [6, 6.07) is 4.56. The minimum atomic E-state index is -0.409. The number of rotatable bonds is 6. The number of hydrogen-bond acceptors (Lipinski definition) is 4. The first-order chi connectivity index (χ1) is 12.9. The van der Waals surface area contributed by atoms with E-state index in [2.05, 4.69) is 5.32 Å². The minimum absolute atomic E-state index is 0.133. The highest BCUT2D eigenvalue weighted by Crippen LogP contribution is 2.34. The average Bonchev–Trinajstić information content (AvgIpc) is 3.12. The van der Waals surface area contributed by atoms with Gasteiger partial charge in [0.15, 0.2) is 0 Å². The molecule has 0 aromatic heterocycles. The highest BCUT2D eigenvalue weighted by Gasteiger charge is 2.47. The molecule has 0 aliphatic carbocycles. The van der Waals surface area contributed by atoms with E-state index in [1.807, 2.05) is 37.5 Å². The predicted octanol–water partition coefficient (Wildman–Crippen LogP) is 3.65. The zero-order valence-electron chi connectivity index (χ0n) is 15.3. The molecule has 144 valence electrons. The second-order valence-corrected chi connectivity index (χ2v) is 8.07. The van der Waals surface area contributed by atoms with Crippen LogP contribution in [0, 0.1) is 6.92 Å². The van der Waals surface area contributed by atoms with Gasteiger partial charge in [-0.2, -0.15) is 0 Å². The number of para-hydroxylation sites is 1. The summed E-state index contributed by atoms with van der Waals surface area (Å²) in [6.07, 6.45) is 3.44. The fraction of sp³-hybridized carbons (Fsp3) is 0.421. The molecule has 8 heteroatoms. The Morgan fingerprint density at radius 2 is 2.11 bits per heavy atom. The summed E-state index contributed by atoms with van der Waals surface area (Å²) in [7, 11) is 0. The van der Waals surface area contributed by atoms with Gasteiger partial charge >= 0.3 is 6.03 Å². The molecular formula is C19H22ClN3O3S. The van der Waals surface area contributed by atoms with Crippen LogP contribution < -0.4 is 5.32 Å². The number of carbonyl (C=O) groups is 3. The van der Waals surface area contributed by atoms with Crippen molar-refractivity contribution < 1.29 is 14.4 Å². The Hall–Kier alpha value is -1.99. The zero-order chi connectivity index (χ0) is 19.6. The van der Waals surface area contributed by atoms with Crippen LogP contribution in [0.2, 0.25) is 5.02 Å². The summed E-state index contributed by atoms with van der Waals surface area (Å²) in [4.78, 5) is 40.9. The van der Waals surface area contributed by atoms with Gasteiger partial charge in [0.2, 0.25) is 11.8 Å². The molecule has 1 aromatic rings. The van der Waals surface area contributed by atoms with Gasteiger partial charge in [-0.3, -0.25) is 14.5 Å². The van der Waals surface area contributed by atoms with Crippen LogP contribution in [0.1, 0.15) is 25.3 Å². The average molecular weight is 408 g/mol. The smallest absolute Gasteiger partial charge is 0.323 e. The summed E-state index contributed by atoms with van der Waals surface area (Å²) in [5.74, 6) is -0.513. The summed E-state index contributed by atoms with van der Waals surface area (Å²) in [5, 5.41) is 4.69. The molecule has 2 unspecified atom stereocenters. The Labute approximate surface area is 167 Å². The van der Waals surface area contributed by atoms with Crippen molar-refractivity contribution in [1.29, 1.82) is 0 Å². The number of fused-ring (bicyclic) bond motifs is 1. The first kappa shape index (κ1) is 19.8. The van der Waals surface area contributed by atoms with E-state index in [1.165, 1.54) is 21.6 Å². The lowest BCUT2D eigenvalue weighted by Gasteiger charge is -2.40. The van der Waals surface area contributed by atoms with Crippen LogP contribution in [0.3, 0.4) is 0 Å². The van der Waals surface area contributed by atoms with Gasteiger partial charge in [0.25, 0.3) is 0 Å². The molecule has 0 spiro atoms. The molecule has 6 nitrogen and oxygen atoms in total. The highest BCUT2D eigenvalue weighted by atomic mass is 35.5. The quantitative estimate of drug-likeness (QED) is 0.781. The number of nitrogens with one attached hydrogen (secondary N) is 1. The number of benzene rings is 1. The van der Waals surface area contributed by atoms with E-state index in [0.717, 1.165) is 18.4 Å². The van der Waals surface area contributed by atoms with Gasteiger partial charge in [0.05, 0.1) is 16.8 Å². The fourth-order valence-corrected chi connectivity index (χ4v) is 4.55. The molecule has 2 aliphatic heterocycles. The number of thioether (sulfide) groups is 1. The Morgan fingerprint density at radius 3 is 2.81 bits per heavy atom. The first-order valence-corrected chi connectivity index (χ1v) is 10.2. The molecule has 1 aromatic carbocycles. The highest BCUT2D eigenvalue weighted by molar-refractivity contribution is 8.03. The summed E-state index contributed by atoms with van der Waals surface area (Å²) in [5.41, 5.74) is 1.38. The standard InChI is InChI=1S/C19H22ClN3O3S/c1-3-4-9-22-18(25)17-14(8-10-27-17)23(19(22)26)11-15(24)21-16-12(2)6-5-7-13(16)20/h5-8,10,14,17H,3-4,9,11H2,1-2H3,(H,21,24). The van der Waals surface area contributed by atoms with Crippen LogP contribution in [0.25, 0.3) is 0 Å². The Kier molecular flexibility index (Phi) is 6.11. The maximum atomic E-state index is 12.9. The van der Waals surface area contributed by atoms with Crippen LogP contribution >= 0.6 is 23.4 Å². The third kappa shape index (κ3) is 3.99. The first-order valence-electron chi connectivity index (χ1n) is 8.93. The van der Waals surface area contributed by atoms with Gasteiger partial charge in [-0.15, -0.1) is 11.8 Å². The molecule has 2 aliphatic rings. The molecule has 0 saturated carbocycles. The third-order valence-electron chi connectivity index (χ3n) is 4.69.